The molecule has 1 aromatic rings. The Kier molecular flexibility index (Phi) is 5.28. The highest BCUT2D eigenvalue weighted by Crippen LogP contribution is 2.39. The van der Waals surface area contributed by atoms with Gasteiger partial charge in [-0.3, -0.25) is 9.59 Å². The van der Waals surface area contributed by atoms with E-state index in [1.54, 1.807) is 0 Å². The van der Waals surface area contributed by atoms with Crippen LogP contribution in [0.15, 0.2) is 12.1 Å². The fraction of sp³-hybridized carbons (Fsp3) is 0.400. The number of rotatable bonds is 4. The molecule has 0 spiro atoms. The highest BCUT2D eigenvalue weighted by Gasteiger charge is 2.52. The Bertz CT molecular complexity index is 966. The summed E-state index contributed by atoms with van der Waals surface area (Å²) in [5.41, 5.74) is -1.07. The van der Waals surface area contributed by atoms with Crippen molar-refractivity contribution in [2.45, 2.75) is 25.6 Å². The van der Waals surface area contributed by atoms with Crippen molar-refractivity contribution in [2.24, 2.45) is 0 Å². The maximum Gasteiger partial charge on any atom is 0.332 e. The van der Waals surface area contributed by atoms with Crippen molar-refractivity contribution >= 4 is 62.4 Å². The van der Waals surface area contributed by atoms with Crippen molar-refractivity contribution < 1.29 is 31.6 Å². The van der Waals surface area contributed by atoms with Crippen LogP contribution in [0.5, 0.6) is 0 Å². The number of sulfonamides is 1. The van der Waals surface area contributed by atoms with Crippen LogP contribution in [0.4, 0.5) is 25.0 Å². The highest BCUT2D eigenvalue weighted by molar-refractivity contribution is 7.94. The van der Waals surface area contributed by atoms with Crippen LogP contribution in [-0.2, 0) is 19.6 Å². The summed E-state index contributed by atoms with van der Waals surface area (Å²) >= 11 is 11.3. The first kappa shape index (κ1) is 20.7. The predicted molar refractivity (Wildman–Crippen MR) is 97.1 cm³/mol. The number of fused-ring (bicyclic) bond motifs is 1. The summed E-state index contributed by atoms with van der Waals surface area (Å²) in [5.74, 6) is -2.94. The first-order valence-corrected chi connectivity index (χ1v) is 10.4. The van der Waals surface area contributed by atoms with E-state index in [2.05, 4.69) is 0 Å². The number of hydrogen-bond donors (Lipinski definition) is 0. The predicted octanol–water partition coefficient (Wildman–Crippen LogP) is 2.24. The van der Waals surface area contributed by atoms with Crippen molar-refractivity contribution in [1.29, 1.82) is 0 Å². The summed E-state index contributed by atoms with van der Waals surface area (Å²) in [6, 6.07) is -0.546. The van der Waals surface area contributed by atoms with Crippen molar-refractivity contribution in [1.82, 2.24) is 4.90 Å². The molecule has 152 valence electrons. The number of alkyl halides is 2. The monoisotopic (exact) mass is 455 g/mol. The molecule has 8 nitrogen and oxygen atoms in total. The summed E-state index contributed by atoms with van der Waals surface area (Å²) in [6.45, 7) is 0.612. The fourth-order valence-corrected chi connectivity index (χ4v) is 4.76. The van der Waals surface area contributed by atoms with Gasteiger partial charge in [0.15, 0.2) is 0 Å². The quantitative estimate of drug-likeness (QED) is 0.512. The van der Waals surface area contributed by atoms with Gasteiger partial charge >= 0.3 is 6.03 Å². The molecule has 0 radical (unpaired) electrons. The van der Waals surface area contributed by atoms with Crippen LogP contribution in [0.25, 0.3) is 0 Å². The zero-order valence-corrected chi connectivity index (χ0v) is 16.6. The van der Waals surface area contributed by atoms with Gasteiger partial charge in [0.05, 0.1) is 22.9 Å². The summed E-state index contributed by atoms with van der Waals surface area (Å²) < 4.78 is 52.6. The van der Waals surface area contributed by atoms with E-state index >= 15 is 0 Å². The number of carbonyl (C=O) groups excluding carboxylic acids is 3. The molecule has 2 aliphatic rings. The number of nitrogens with zero attached hydrogens (tertiary/aromatic N) is 3. The van der Waals surface area contributed by atoms with Crippen LogP contribution in [0.2, 0.25) is 5.02 Å². The largest absolute Gasteiger partial charge is 0.332 e. The van der Waals surface area contributed by atoms with E-state index in [1.165, 1.54) is 0 Å². The molecule has 2 heterocycles. The van der Waals surface area contributed by atoms with Gasteiger partial charge in [0, 0.05) is 13.3 Å². The van der Waals surface area contributed by atoms with E-state index in [0.717, 1.165) is 17.9 Å². The van der Waals surface area contributed by atoms with Crippen LogP contribution < -0.4 is 9.21 Å². The number of carbonyl (C=O) groups is 3. The lowest BCUT2D eigenvalue weighted by molar-refractivity contribution is -0.119. The van der Waals surface area contributed by atoms with Crippen molar-refractivity contribution in [2.75, 3.05) is 21.0 Å². The molecular weight excluding hydrogens is 443 g/mol. The van der Waals surface area contributed by atoms with Crippen molar-refractivity contribution in [3.8, 4) is 0 Å². The highest BCUT2D eigenvalue weighted by atomic mass is 35.5. The molecule has 2 unspecified atom stereocenters. The molecule has 2 saturated heterocycles. The minimum atomic E-state index is -4.34. The van der Waals surface area contributed by atoms with Crippen LogP contribution in [0.3, 0.4) is 0 Å². The van der Waals surface area contributed by atoms with Gasteiger partial charge in [0.1, 0.15) is 23.2 Å². The number of urea groups is 1. The molecule has 28 heavy (non-hydrogen) atoms. The zero-order valence-electron chi connectivity index (χ0n) is 14.2. The van der Waals surface area contributed by atoms with Crippen LogP contribution in [-0.4, -0.2) is 55.1 Å². The SMILES string of the molecule is CC(=O)N(c1cc(N2C(=O)C3CC(F)CN3C2=O)c(F)cc1Cl)S(=O)(=O)CCl. The van der Waals surface area contributed by atoms with Gasteiger partial charge in [0.2, 0.25) is 5.91 Å². The molecule has 13 heteroatoms. The second-order valence-electron chi connectivity index (χ2n) is 6.22. The number of hydrogen-bond acceptors (Lipinski definition) is 5. The number of benzene rings is 1. The van der Waals surface area contributed by atoms with E-state index in [4.69, 9.17) is 23.2 Å². The minimum Gasteiger partial charge on any atom is -0.309 e. The molecule has 0 aliphatic carbocycles. The summed E-state index contributed by atoms with van der Waals surface area (Å²) in [5, 5.41) is -1.42. The Hall–Kier alpha value is -1.98. The van der Waals surface area contributed by atoms with Gasteiger partial charge in [0.25, 0.3) is 15.9 Å². The van der Waals surface area contributed by atoms with Gasteiger partial charge in [-0.2, -0.15) is 0 Å². The smallest absolute Gasteiger partial charge is 0.309 e. The van der Waals surface area contributed by atoms with Gasteiger partial charge in [-0.1, -0.05) is 11.6 Å². The van der Waals surface area contributed by atoms with E-state index < -0.39 is 67.5 Å². The molecule has 4 amide bonds. The first-order chi connectivity index (χ1) is 13.0. The second kappa shape index (κ2) is 7.12. The maximum absolute atomic E-state index is 14.5. The third-order valence-corrected chi connectivity index (χ3v) is 6.79. The average molecular weight is 456 g/mol. The second-order valence-corrected chi connectivity index (χ2v) is 9.03. The lowest BCUT2D eigenvalue weighted by atomic mass is 10.2. The van der Waals surface area contributed by atoms with E-state index in [-0.39, 0.29) is 17.3 Å². The molecule has 2 aliphatic heterocycles. The standard InChI is InChI=1S/C15H13Cl2F2N3O5S/c1-7(23)22(28(26,27)6-16)11-4-12(10(19)3-9(11)17)21-14(24)13-2-8(18)5-20(13)15(21)25/h3-4,8,13H,2,5-6H2,1H3. The van der Waals surface area contributed by atoms with Gasteiger partial charge in [-0.25, -0.2) is 31.2 Å². The average Bonchev–Trinajstić information content (AvgIpc) is 3.08. The zero-order chi connectivity index (χ0) is 21.0. The first-order valence-electron chi connectivity index (χ1n) is 7.86. The molecular formula is C15H13Cl2F2N3O5S. The Morgan fingerprint density at radius 1 is 1.36 bits per heavy atom. The van der Waals surface area contributed by atoms with Gasteiger partial charge in [-0.15, -0.1) is 11.6 Å². The van der Waals surface area contributed by atoms with Crippen molar-refractivity contribution in [3.05, 3.63) is 23.0 Å². The molecule has 0 aromatic heterocycles. The molecule has 0 N–H and O–H groups in total. The lowest BCUT2D eigenvalue weighted by Gasteiger charge is -2.23. The Morgan fingerprint density at radius 2 is 2.00 bits per heavy atom. The molecule has 2 fully saturated rings. The van der Waals surface area contributed by atoms with Crippen LogP contribution >= 0.6 is 23.2 Å². The maximum atomic E-state index is 14.5. The molecule has 2 atom stereocenters. The number of anilines is 2. The van der Waals surface area contributed by atoms with Crippen LogP contribution in [0.1, 0.15) is 13.3 Å². The Balaban J connectivity index is 2.12. The van der Waals surface area contributed by atoms with Gasteiger partial charge < -0.3 is 4.90 Å². The number of halogens is 4. The van der Waals surface area contributed by atoms with E-state index in [0.29, 0.717) is 11.0 Å². The Labute approximate surface area is 168 Å². The molecule has 0 saturated carbocycles. The minimum absolute atomic E-state index is 0.219. The lowest BCUT2D eigenvalue weighted by Crippen LogP contribution is -2.37. The molecule has 1 aromatic carbocycles. The molecule has 0 bridgehead atoms. The topological polar surface area (TPSA) is 95.1 Å². The summed E-state index contributed by atoms with van der Waals surface area (Å²) in [4.78, 5) is 38.4. The third-order valence-electron chi connectivity index (χ3n) is 4.37. The van der Waals surface area contributed by atoms with Crippen LogP contribution in [0, 0.1) is 5.82 Å². The summed E-state index contributed by atoms with van der Waals surface area (Å²) in [7, 11) is -4.34. The van der Waals surface area contributed by atoms with Crippen molar-refractivity contribution in [3.63, 3.8) is 0 Å². The Morgan fingerprint density at radius 3 is 2.54 bits per heavy atom. The number of amides is 4. The normalized spacial score (nSPS) is 22.0. The number of imide groups is 1. The van der Waals surface area contributed by atoms with E-state index in [1.807, 2.05) is 0 Å². The van der Waals surface area contributed by atoms with E-state index in [9.17, 15) is 31.6 Å². The third kappa shape index (κ3) is 3.20. The van der Waals surface area contributed by atoms with Gasteiger partial charge in [-0.05, 0) is 12.1 Å². The molecule has 3 rings (SSSR count). The fourth-order valence-electron chi connectivity index (χ4n) is 3.24. The summed E-state index contributed by atoms with van der Waals surface area (Å²) in [6.07, 6.45) is -1.59.